The number of amides is 2. The first-order chi connectivity index (χ1) is 15.0. The van der Waals surface area contributed by atoms with Crippen LogP contribution in [0.4, 0.5) is 5.69 Å². The van der Waals surface area contributed by atoms with Crippen LogP contribution in [-0.2, 0) is 11.4 Å². The first kappa shape index (κ1) is 22.3. The topological polar surface area (TPSA) is 89.6 Å². The highest BCUT2D eigenvalue weighted by molar-refractivity contribution is 7.12. The number of nitrogens with one attached hydrogen (secondary N) is 2. The SMILES string of the molecule is COc1ccc(NC(=O)C(NC(=O)c2cccs2)C(C)C)cc1OCc1ccncc1. The molecular formula is C23H25N3O4S. The van der Waals surface area contributed by atoms with Crippen molar-refractivity contribution in [2.45, 2.75) is 26.5 Å². The highest BCUT2D eigenvalue weighted by Crippen LogP contribution is 2.31. The third kappa shape index (κ3) is 6.05. The highest BCUT2D eigenvalue weighted by Gasteiger charge is 2.25. The summed E-state index contributed by atoms with van der Waals surface area (Å²) in [6.45, 7) is 4.11. The van der Waals surface area contributed by atoms with Crippen LogP contribution in [0.2, 0.25) is 0 Å². The third-order valence-corrected chi connectivity index (χ3v) is 5.42. The van der Waals surface area contributed by atoms with E-state index in [4.69, 9.17) is 9.47 Å². The van der Waals surface area contributed by atoms with E-state index in [0.717, 1.165) is 5.56 Å². The largest absolute Gasteiger partial charge is 0.493 e. The number of anilines is 1. The second-order valence-electron chi connectivity index (χ2n) is 7.17. The molecule has 1 atom stereocenters. The Hall–Kier alpha value is -3.39. The zero-order valence-electron chi connectivity index (χ0n) is 17.6. The molecule has 3 aromatic rings. The summed E-state index contributed by atoms with van der Waals surface area (Å²) in [4.78, 5) is 29.9. The van der Waals surface area contributed by atoms with Crippen molar-refractivity contribution in [1.82, 2.24) is 10.3 Å². The number of aromatic nitrogens is 1. The summed E-state index contributed by atoms with van der Waals surface area (Å²) in [6, 6.07) is 11.7. The van der Waals surface area contributed by atoms with Gasteiger partial charge < -0.3 is 20.1 Å². The predicted molar refractivity (Wildman–Crippen MR) is 121 cm³/mol. The van der Waals surface area contributed by atoms with Crippen molar-refractivity contribution in [3.05, 3.63) is 70.7 Å². The Balaban J connectivity index is 1.70. The molecule has 2 N–H and O–H groups in total. The van der Waals surface area contributed by atoms with Gasteiger partial charge in [0, 0.05) is 24.1 Å². The van der Waals surface area contributed by atoms with Crippen LogP contribution in [0.3, 0.4) is 0 Å². The first-order valence-electron chi connectivity index (χ1n) is 9.83. The molecule has 7 nitrogen and oxygen atoms in total. The Kier molecular flexibility index (Phi) is 7.61. The maximum Gasteiger partial charge on any atom is 0.262 e. The molecule has 0 radical (unpaired) electrons. The molecule has 0 saturated heterocycles. The van der Waals surface area contributed by atoms with Gasteiger partial charge in [-0.15, -0.1) is 11.3 Å². The van der Waals surface area contributed by atoms with E-state index in [1.165, 1.54) is 11.3 Å². The van der Waals surface area contributed by atoms with Crippen LogP contribution in [0.15, 0.2) is 60.2 Å². The van der Waals surface area contributed by atoms with Crippen molar-refractivity contribution < 1.29 is 19.1 Å². The minimum absolute atomic E-state index is 0.0930. The quantitative estimate of drug-likeness (QED) is 0.523. The zero-order chi connectivity index (χ0) is 22.2. The van der Waals surface area contributed by atoms with Crippen molar-refractivity contribution in [2.24, 2.45) is 5.92 Å². The minimum atomic E-state index is -0.683. The van der Waals surface area contributed by atoms with Crippen molar-refractivity contribution in [3.63, 3.8) is 0 Å². The van der Waals surface area contributed by atoms with E-state index in [-0.39, 0.29) is 17.7 Å². The number of methoxy groups -OCH3 is 1. The fraction of sp³-hybridized carbons (Fsp3) is 0.261. The number of thiophene rings is 1. The smallest absolute Gasteiger partial charge is 0.262 e. The van der Waals surface area contributed by atoms with Gasteiger partial charge in [0.2, 0.25) is 5.91 Å². The van der Waals surface area contributed by atoms with Crippen LogP contribution in [0.25, 0.3) is 0 Å². The van der Waals surface area contributed by atoms with Gasteiger partial charge in [0.15, 0.2) is 11.5 Å². The van der Waals surface area contributed by atoms with Gasteiger partial charge in [-0.1, -0.05) is 19.9 Å². The van der Waals surface area contributed by atoms with E-state index in [2.05, 4.69) is 15.6 Å². The van der Waals surface area contributed by atoms with E-state index in [1.807, 2.05) is 31.4 Å². The maximum atomic E-state index is 12.9. The minimum Gasteiger partial charge on any atom is -0.493 e. The molecule has 1 unspecified atom stereocenters. The number of rotatable bonds is 9. The summed E-state index contributed by atoms with van der Waals surface area (Å²) in [5.74, 6) is 0.397. The van der Waals surface area contributed by atoms with Gasteiger partial charge in [0.25, 0.3) is 5.91 Å². The summed E-state index contributed by atoms with van der Waals surface area (Å²) in [6.07, 6.45) is 3.40. The van der Waals surface area contributed by atoms with Gasteiger partial charge in [-0.05, 0) is 47.2 Å². The fourth-order valence-corrected chi connectivity index (χ4v) is 3.51. The number of benzene rings is 1. The Bertz CT molecular complexity index is 1010. The molecule has 0 saturated carbocycles. The van der Waals surface area contributed by atoms with Crippen LogP contribution < -0.4 is 20.1 Å². The lowest BCUT2D eigenvalue weighted by Gasteiger charge is -2.22. The van der Waals surface area contributed by atoms with Gasteiger partial charge in [-0.25, -0.2) is 0 Å². The van der Waals surface area contributed by atoms with Crippen LogP contribution in [0.1, 0.15) is 29.1 Å². The summed E-state index contributed by atoms with van der Waals surface area (Å²) in [5.41, 5.74) is 1.51. The molecular weight excluding hydrogens is 414 g/mol. The molecule has 0 fully saturated rings. The Labute approximate surface area is 185 Å². The van der Waals surface area contributed by atoms with Gasteiger partial charge in [-0.2, -0.15) is 0 Å². The number of hydrogen-bond donors (Lipinski definition) is 2. The molecule has 0 aliphatic rings. The van der Waals surface area contributed by atoms with E-state index in [0.29, 0.717) is 28.7 Å². The van der Waals surface area contributed by atoms with Gasteiger partial charge in [-0.3, -0.25) is 14.6 Å². The second kappa shape index (κ2) is 10.6. The molecule has 2 heterocycles. The molecule has 0 bridgehead atoms. The lowest BCUT2D eigenvalue weighted by molar-refractivity contribution is -0.118. The van der Waals surface area contributed by atoms with Crippen molar-refractivity contribution >= 4 is 28.8 Å². The summed E-state index contributed by atoms with van der Waals surface area (Å²) >= 11 is 1.33. The van der Waals surface area contributed by atoms with Crippen LogP contribution in [-0.4, -0.2) is 29.9 Å². The molecule has 2 aromatic heterocycles. The Morgan fingerprint density at radius 3 is 2.52 bits per heavy atom. The van der Waals surface area contributed by atoms with Crippen molar-refractivity contribution in [3.8, 4) is 11.5 Å². The average Bonchev–Trinajstić information content (AvgIpc) is 3.31. The van der Waals surface area contributed by atoms with E-state index >= 15 is 0 Å². The molecule has 3 rings (SSSR count). The number of ether oxygens (including phenoxy) is 2. The van der Waals surface area contributed by atoms with E-state index in [1.54, 1.807) is 49.8 Å². The highest BCUT2D eigenvalue weighted by atomic mass is 32.1. The molecule has 0 aliphatic carbocycles. The van der Waals surface area contributed by atoms with Crippen LogP contribution >= 0.6 is 11.3 Å². The number of pyridine rings is 1. The summed E-state index contributed by atoms with van der Waals surface area (Å²) in [7, 11) is 1.56. The van der Waals surface area contributed by atoms with Crippen LogP contribution in [0, 0.1) is 5.92 Å². The molecule has 162 valence electrons. The van der Waals surface area contributed by atoms with Crippen LogP contribution in [0.5, 0.6) is 11.5 Å². The fourth-order valence-electron chi connectivity index (χ4n) is 2.88. The van der Waals surface area contributed by atoms with E-state index < -0.39 is 6.04 Å². The van der Waals surface area contributed by atoms with Crippen molar-refractivity contribution in [1.29, 1.82) is 0 Å². The summed E-state index contributed by atoms with van der Waals surface area (Å²) in [5, 5.41) is 7.51. The Morgan fingerprint density at radius 1 is 1.10 bits per heavy atom. The number of nitrogens with zero attached hydrogens (tertiary/aromatic N) is 1. The number of carbonyl (C=O) groups is 2. The second-order valence-corrected chi connectivity index (χ2v) is 8.12. The maximum absolute atomic E-state index is 12.9. The molecule has 0 spiro atoms. The van der Waals surface area contributed by atoms with Gasteiger partial charge in [0.05, 0.1) is 12.0 Å². The third-order valence-electron chi connectivity index (χ3n) is 4.56. The first-order valence-corrected chi connectivity index (χ1v) is 10.7. The van der Waals surface area contributed by atoms with Crippen molar-refractivity contribution in [2.75, 3.05) is 12.4 Å². The molecule has 8 heteroatoms. The molecule has 1 aromatic carbocycles. The predicted octanol–water partition coefficient (Wildman–Crippen LogP) is 4.12. The average molecular weight is 440 g/mol. The number of carbonyl (C=O) groups excluding carboxylic acids is 2. The standard InChI is InChI=1S/C23H25N3O4S/c1-15(2)21(26-22(27)20-5-4-12-31-20)23(28)25-17-6-7-18(29-3)19(13-17)30-14-16-8-10-24-11-9-16/h4-13,15,21H,14H2,1-3H3,(H,25,28)(H,26,27). The molecule has 31 heavy (non-hydrogen) atoms. The normalized spacial score (nSPS) is 11.6. The zero-order valence-corrected chi connectivity index (χ0v) is 18.4. The van der Waals surface area contributed by atoms with Gasteiger partial charge in [0.1, 0.15) is 12.6 Å². The van der Waals surface area contributed by atoms with E-state index in [9.17, 15) is 9.59 Å². The molecule has 2 amide bonds. The molecule has 0 aliphatic heterocycles. The monoisotopic (exact) mass is 439 g/mol. The lowest BCUT2D eigenvalue weighted by atomic mass is 10.0. The summed E-state index contributed by atoms with van der Waals surface area (Å²) < 4.78 is 11.3. The Morgan fingerprint density at radius 2 is 1.87 bits per heavy atom. The van der Waals surface area contributed by atoms with Gasteiger partial charge >= 0.3 is 0 Å². The number of hydrogen-bond acceptors (Lipinski definition) is 6. The lowest BCUT2D eigenvalue weighted by Crippen LogP contribution is -2.46.